The summed E-state index contributed by atoms with van der Waals surface area (Å²) in [4.78, 5) is 36.8. The summed E-state index contributed by atoms with van der Waals surface area (Å²) in [7, 11) is -3.94. The number of carbonyl (C=O) groups excluding carboxylic acids is 2. The summed E-state index contributed by atoms with van der Waals surface area (Å²) in [5, 5.41) is 10.5. The summed E-state index contributed by atoms with van der Waals surface area (Å²) in [6, 6.07) is 5.45. The Labute approximate surface area is 191 Å². The number of ether oxygens (including phenoxy) is 1. The number of carbonyl (C=O) groups is 2. The van der Waals surface area contributed by atoms with E-state index in [1.54, 1.807) is 6.92 Å². The van der Waals surface area contributed by atoms with Crippen LogP contribution in [0.1, 0.15) is 45.1 Å². The van der Waals surface area contributed by atoms with E-state index in [-0.39, 0.29) is 47.9 Å². The van der Waals surface area contributed by atoms with Crippen molar-refractivity contribution in [3.63, 3.8) is 0 Å². The molecule has 1 aromatic rings. The Kier molecular flexibility index (Phi) is 9.08. The first-order chi connectivity index (χ1) is 15.1. The summed E-state index contributed by atoms with van der Waals surface area (Å²) in [6.07, 6.45) is 3.04. The number of non-ortho nitro benzene ring substituents is 1. The number of unbranched alkanes of at least 4 members (excludes halogenated alkanes) is 1. The lowest BCUT2D eigenvalue weighted by Crippen LogP contribution is -2.52. The Hall–Kier alpha value is -2.60. The highest BCUT2D eigenvalue weighted by molar-refractivity contribution is 8.00. The van der Waals surface area contributed by atoms with Crippen molar-refractivity contribution in [1.29, 1.82) is 0 Å². The highest BCUT2D eigenvalue weighted by Crippen LogP contribution is 2.36. The fraction of sp³-hybridized carbons (Fsp3) is 0.500. The lowest BCUT2D eigenvalue weighted by Gasteiger charge is -2.40. The summed E-state index contributed by atoms with van der Waals surface area (Å²) in [5.41, 5.74) is 0.160. The Balaban J connectivity index is 2.27. The molecule has 0 bridgehead atoms. The molecule has 1 amide bonds. The first-order valence-corrected chi connectivity index (χ1v) is 12.9. The number of likely N-dealkylation sites (tertiary alicyclic amines) is 1. The molecular formula is C20H26N2O8S2. The Morgan fingerprint density at radius 2 is 1.94 bits per heavy atom. The predicted molar refractivity (Wildman–Crippen MR) is 119 cm³/mol. The van der Waals surface area contributed by atoms with E-state index in [9.17, 15) is 28.1 Å². The molecular weight excluding hydrogens is 460 g/mol. The van der Waals surface area contributed by atoms with Crippen LogP contribution in [-0.4, -0.2) is 47.5 Å². The van der Waals surface area contributed by atoms with Gasteiger partial charge in [-0.05, 0) is 29.9 Å². The van der Waals surface area contributed by atoms with Gasteiger partial charge in [-0.2, -0.15) is 8.42 Å². The molecule has 176 valence electrons. The number of nitro benzene ring substituents is 1. The molecule has 1 heterocycles. The second-order valence-corrected chi connectivity index (χ2v) is 9.92. The standard InChI is InChI=1S/C20H26N2O8S2/c1-4-6-11-31-18-12-17(23)21(18)19(16(5-2)30-32(3,27)28)20(24)29-13-14-7-9-15(10-8-14)22(25)26/h7-10,18H,4-6,11-13H2,1-3H3. The zero-order chi connectivity index (χ0) is 23.9. The van der Waals surface area contributed by atoms with Gasteiger partial charge in [0.05, 0.1) is 23.0 Å². The minimum absolute atomic E-state index is 0.0468. The van der Waals surface area contributed by atoms with E-state index in [1.807, 2.05) is 6.92 Å². The Bertz CT molecular complexity index is 989. The van der Waals surface area contributed by atoms with Crippen LogP contribution in [-0.2, 0) is 35.2 Å². The van der Waals surface area contributed by atoms with Gasteiger partial charge in [-0.15, -0.1) is 11.8 Å². The van der Waals surface area contributed by atoms with Crippen molar-refractivity contribution in [3.05, 3.63) is 51.4 Å². The van der Waals surface area contributed by atoms with Crippen LogP contribution in [0.25, 0.3) is 0 Å². The van der Waals surface area contributed by atoms with Crippen LogP contribution in [0.5, 0.6) is 0 Å². The molecule has 1 unspecified atom stereocenters. The maximum atomic E-state index is 13.0. The van der Waals surface area contributed by atoms with Gasteiger partial charge in [0, 0.05) is 18.6 Å². The van der Waals surface area contributed by atoms with Crippen LogP contribution in [0.3, 0.4) is 0 Å². The van der Waals surface area contributed by atoms with Crippen LogP contribution in [0.2, 0.25) is 0 Å². The molecule has 2 rings (SSSR count). The number of β-lactam (4-membered cyclic amide) rings is 1. The number of rotatable bonds is 12. The van der Waals surface area contributed by atoms with Crippen molar-refractivity contribution in [2.24, 2.45) is 0 Å². The average Bonchev–Trinajstić information content (AvgIpc) is 2.73. The molecule has 0 spiro atoms. The number of hydrogen-bond acceptors (Lipinski definition) is 9. The molecule has 0 N–H and O–H groups in total. The monoisotopic (exact) mass is 486 g/mol. The van der Waals surface area contributed by atoms with Crippen molar-refractivity contribution < 1.29 is 31.9 Å². The second kappa shape index (κ2) is 11.3. The van der Waals surface area contributed by atoms with Gasteiger partial charge in [-0.25, -0.2) is 4.79 Å². The lowest BCUT2D eigenvalue weighted by atomic mass is 10.1. The minimum Gasteiger partial charge on any atom is -0.456 e. The summed E-state index contributed by atoms with van der Waals surface area (Å²) in [6.45, 7) is 3.43. The van der Waals surface area contributed by atoms with Crippen molar-refractivity contribution in [2.45, 2.75) is 51.5 Å². The topological polar surface area (TPSA) is 133 Å². The number of esters is 1. The zero-order valence-electron chi connectivity index (χ0n) is 18.1. The molecule has 10 nitrogen and oxygen atoms in total. The number of hydrogen-bond donors (Lipinski definition) is 0. The highest BCUT2D eigenvalue weighted by atomic mass is 32.2. The fourth-order valence-corrected chi connectivity index (χ4v) is 4.80. The van der Waals surface area contributed by atoms with E-state index in [1.165, 1.54) is 40.9 Å². The van der Waals surface area contributed by atoms with Crippen LogP contribution >= 0.6 is 11.8 Å². The first kappa shape index (κ1) is 25.7. The van der Waals surface area contributed by atoms with Crippen LogP contribution < -0.4 is 0 Å². The van der Waals surface area contributed by atoms with Gasteiger partial charge in [0.2, 0.25) is 5.91 Å². The molecule has 0 radical (unpaired) electrons. The second-order valence-electron chi connectivity index (χ2n) is 7.06. The molecule has 1 aliphatic heterocycles. The molecule has 0 aliphatic carbocycles. The first-order valence-electron chi connectivity index (χ1n) is 10.0. The normalized spacial score (nSPS) is 16.8. The maximum Gasteiger partial charge on any atom is 0.359 e. The third-order valence-corrected chi connectivity index (χ3v) is 6.29. The number of nitrogens with zero attached hydrogens (tertiary/aromatic N) is 2. The summed E-state index contributed by atoms with van der Waals surface area (Å²) < 4.78 is 33.8. The van der Waals surface area contributed by atoms with E-state index >= 15 is 0 Å². The third kappa shape index (κ3) is 6.95. The quantitative estimate of drug-likeness (QED) is 0.0637. The van der Waals surface area contributed by atoms with Crippen LogP contribution in [0.4, 0.5) is 5.69 Å². The SMILES string of the molecule is CCCCSC1CC(=O)N1C(C(=O)OCc1ccc([N+](=O)[O-])cc1)=C(CC)OS(C)(=O)=O. The summed E-state index contributed by atoms with van der Waals surface area (Å²) >= 11 is 1.50. The molecule has 1 fully saturated rings. The molecule has 1 aliphatic rings. The van der Waals surface area contributed by atoms with E-state index in [4.69, 9.17) is 8.92 Å². The molecule has 1 atom stereocenters. The van der Waals surface area contributed by atoms with Gasteiger partial charge in [0.1, 0.15) is 6.61 Å². The largest absolute Gasteiger partial charge is 0.456 e. The van der Waals surface area contributed by atoms with E-state index < -0.39 is 21.0 Å². The van der Waals surface area contributed by atoms with E-state index in [0.29, 0.717) is 5.56 Å². The molecule has 1 aromatic carbocycles. The van der Waals surface area contributed by atoms with Crippen molar-refractivity contribution >= 4 is 39.4 Å². The molecule has 12 heteroatoms. The molecule has 32 heavy (non-hydrogen) atoms. The predicted octanol–water partition coefficient (Wildman–Crippen LogP) is 3.33. The van der Waals surface area contributed by atoms with Crippen molar-refractivity contribution in [2.75, 3.05) is 12.0 Å². The van der Waals surface area contributed by atoms with Gasteiger partial charge in [-0.3, -0.25) is 19.8 Å². The zero-order valence-corrected chi connectivity index (χ0v) is 19.7. The Morgan fingerprint density at radius 3 is 2.44 bits per heavy atom. The molecule has 1 saturated heterocycles. The minimum atomic E-state index is -3.94. The van der Waals surface area contributed by atoms with Gasteiger partial charge in [0.25, 0.3) is 5.69 Å². The number of nitro groups is 1. The number of amides is 1. The number of allylic oxidation sites excluding steroid dienone is 1. The van der Waals surface area contributed by atoms with Gasteiger partial charge < -0.3 is 8.92 Å². The van der Waals surface area contributed by atoms with E-state index in [2.05, 4.69) is 0 Å². The summed E-state index contributed by atoms with van der Waals surface area (Å²) in [5.74, 6) is -0.623. The average molecular weight is 487 g/mol. The molecule has 0 aromatic heterocycles. The van der Waals surface area contributed by atoms with Crippen molar-refractivity contribution in [3.8, 4) is 0 Å². The van der Waals surface area contributed by atoms with Crippen LogP contribution in [0, 0.1) is 10.1 Å². The Morgan fingerprint density at radius 1 is 1.28 bits per heavy atom. The van der Waals surface area contributed by atoms with Crippen molar-refractivity contribution in [1.82, 2.24) is 4.90 Å². The van der Waals surface area contributed by atoms with Gasteiger partial charge in [-0.1, -0.05) is 20.3 Å². The van der Waals surface area contributed by atoms with E-state index in [0.717, 1.165) is 24.9 Å². The third-order valence-electron chi connectivity index (χ3n) is 4.50. The fourth-order valence-electron chi connectivity index (χ4n) is 2.88. The van der Waals surface area contributed by atoms with Gasteiger partial charge >= 0.3 is 16.1 Å². The van der Waals surface area contributed by atoms with Gasteiger partial charge in [0.15, 0.2) is 11.5 Å². The smallest absolute Gasteiger partial charge is 0.359 e. The highest BCUT2D eigenvalue weighted by Gasteiger charge is 2.43. The van der Waals surface area contributed by atoms with Crippen LogP contribution in [0.15, 0.2) is 35.7 Å². The number of benzene rings is 1. The maximum absolute atomic E-state index is 13.0. The molecule has 0 saturated carbocycles. The number of thioether (sulfide) groups is 1. The lowest BCUT2D eigenvalue weighted by molar-refractivity contribution is -0.384.